The molecule has 2 rings (SSSR count). The molecule has 1 aromatic heterocycles. The van der Waals surface area contributed by atoms with E-state index in [1.165, 1.54) is 16.4 Å². The lowest BCUT2D eigenvalue weighted by Gasteiger charge is -2.12. The Morgan fingerprint density at radius 1 is 1.36 bits per heavy atom. The second-order valence-electron chi connectivity index (χ2n) is 5.51. The third kappa shape index (κ3) is 3.75. The fourth-order valence-electron chi connectivity index (χ4n) is 2.16. The molecule has 2 N–H and O–H groups in total. The first-order valence-electron chi connectivity index (χ1n) is 7.15. The molecule has 0 bridgehead atoms. The van der Waals surface area contributed by atoms with Gasteiger partial charge in [0.1, 0.15) is 5.69 Å². The molecule has 0 radical (unpaired) electrons. The maximum Gasteiger partial charge on any atom is 0.247 e. The van der Waals surface area contributed by atoms with Crippen LogP contribution in [0.25, 0.3) is 6.08 Å². The highest BCUT2D eigenvalue weighted by atomic mass is 16.3. The van der Waals surface area contributed by atoms with Crippen LogP contribution in [0.1, 0.15) is 36.7 Å². The summed E-state index contributed by atoms with van der Waals surface area (Å²) < 4.78 is 1.52. The van der Waals surface area contributed by atoms with Gasteiger partial charge in [-0.2, -0.15) is 5.10 Å². The van der Waals surface area contributed by atoms with Crippen LogP contribution in [0.3, 0.4) is 0 Å². The van der Waals surface area contributed by atoms with E-state index in [0.717, 1.165) is 5.56 Å². The minimum Gasteiger partial charge on any atom is -0.504 e. The van der Waals surface area contributed by atoms with Crippen LogP contribution in [0.15, 0.2) is 36.0 Å². The zero-order valence-corrected chi connectivity index (χ0v) is 13.3. The van der Waals surface area contributed by atoms with E-state index in [4.69, 9.17) is 0 Å². The largest absolute Gasteiger partial charge is 0.504 e. The van der Waals surface area contributed by atoms with Gasteiger partial charge in [-0.3, -0.25) is 9.48 Å². The van der Waals surface area contributed by atoms with Crippen molar-refractivity contribution in [3.05, 3.63) is 52.9 Å². The van der Waals surface area contributed by atoms with E-state index >= 15 is 0 Å². The zero-order chi connectivity index (χ0) is 16.3. The Hall–Kier alpha value is -2.56. The Balaban J connectivity index is 2.07. The number of aromatic hydroxyl groups is 1. The van der Waals surface area contributed by atoms with E-state index in [1.54, 1.807) is 20.9 Å². The number of aryl methyl sites for hydroxylation is 2. The molecule has 5 nitrogen and oxygen atoms in total. The molecule has 5 heteroatoms. The van der Waals surface area contributed by atoms with Gasteiger partial charge in [-0.25, -0.2) is 0 Å². The lowest BCUT2D eigenvalue weighted by Crippen LogP contribution is -2.27. The van der Waals surface area contributed by atoms with Crippen LogP contribution in [0, 0.1) is 6.92 Å². The summed E-state index contributed by atoms with van der Waals surface area (Å²) in [6, 6.07) is 7.59. The van der Waals surface area contributed by atoms with Gasteiger partial charge in [0, 0.05) is 12.6 Å². The molecule has 0 aliphatic heterocycles. The third-order valence-electron chi connectivity index (χ3n) is 3.41. The number of aromatic nitrogens is 2. The van der Waals surface area contributed by atoms with Crippen molar-refractivity contribution in [1.82, 2.24) is 15.1 Å². The number of rotatable bonds is 4. The summed E-state index contributed by atoms with van der Waals surface area (Å²) in [5.74, 6) is -0.103. The number of amides is 1. The SMILES string of the molecule is CC(=Cc1ccc(C)cc1)C(=O)NC(C)c1nn(C)cc1O. The second-order valence-corrected chi connectivity index (χ2v) is 5.51. The summed E-state index contributed by atoms with van der Waals surface area (Å²) in [4.78, 5) is 12.2. The summed E-state index contributed by atoms with van der Waals surface area (Å²) in [6.45, 7) is 5.58. The number of hydrogen-bond acceptors (Lipinski definition) is 3. The minimum absolute atomic E-state index is 0.0791. The molecule has 0 aliphatic carbocycles. The Morgan fingerprint density at radius 3 is 2.55 bits per heavy atom. The number of nitrogens with one attached hydrogen (secondary N) is 1. The quantitative estimate of drug-likeness (QED) is 0.853. The molecular weight excluding hydrogens is 278 g/mol. The van der Waals surface area contributed by atoms with E-state index < -0.39 is 0 Å². The summed E-state index contributed by atoms with van der Waals surface area (Å²) in [7, 11) is 1.72. The summed E-state index contributed by atoms with van der Waals surface area (Å²) in [5, 5.41) is 16.8. The van der Waals surface area contributed by atoms with Crippen molar-refractivity contribution in [3.8, 4) is 5.75 Å². The van der Waals surface area contributed by atoms with Crippen LogP contribution in [0.2, 0.25) is 0 Å². The van der Waals surface area contributed by atoms with Crippen molar-refractivity contribution in [3.63, 3.8) is 0 Å². The number of carbonyl (C=O) groups is 1. The number of nitrogens with zero attached hydrogens (tertiary/aromatic N) is 2. The molecule has 22 heavy (non-hydrogen) atoms. The van der Waals surface area contributed by atoms with Crippen molar-refractivity contribution in [2.75, 3.05) is 0 Å². The highest BCUT2D eigenvalue weighted by Crippen LogP contribution is 2.21. The monoisotopic (exact) mass is 299 g/mol. The number of hydrogen-bond donors (Lipinski definition) is 2. The normalized spacial score (nSPS) is 13.0. The van der Waals surface area contributed by atoms with Gasteiger partial charge in [-0.15, -0.1) is 0 Å². The average molecular weight is 299 g/mol. The first-order valence-corrected chi connectivity index (χ1v) is 7.15. The Kier molecular flexibility index (Phi) is 4.65. The van der Waals surface area contributed by atoms with Gasteiger partial charge in [-0.05, 0) is 32.4 Å². The zero-order valence-electron chi connectivity index (χ0n) is 13.3. The summed E-state index contributed by atoms with van der Waals surface area (Å²) in [5.41, 5.74) is 3.22. The van der Waals surface area contributed by atoms with Crippen molar-refractivity contribution in [2.45, 2.75) is 26.8 Å². The van der Waals surface area contributed by atoms with Crippen LogP contribution in [0.5, 0.6) is 5.75 Å². The molecule has 1 amide bonds. The van der Waals surface area contributed by atoms with Crippen molar-refractivity contribution in [1.29, 1.82) is 0 Å². The molecule has 1 unspecified atom stereocenters. The predicted octanol–water partition coefficient (Wildman–Crippen LogP) is 2.71. The second kappa shape index (κ2) is 6.47. The molecular formula is C17H21N3O2. The average Bonchev–Trinajstić information content (AvgIpc) is 2.80. The third-order valence-corrected chi connectivity index (χ3v) is 3.41. The van der Waals surface area contributed by atoms with Crippen LogP contribution >= 0.6 is 0 Å². The predicted molar refractivity (Wildman–Crippen MR) is 86.3 cm³/mol. The van der Waals surface area contributed by atoms with E-state index in [2.05, 4.69) is 10.4 Å². The van der Waals surface area contributed by atoms with Gasteiger partial charge in [-0.1, -0.05) is 29.8 Å². The van der Waals surface area contributed by atoms with Crippen LogP contribution in [0.4, 0.5) is 0 Å². The van der Waals surface area contributed by atoms with Gasteiger partial charge < -0.3 is 10.4 Å². The lowest BCUT2D eigenvalue weighted by atomic mass is 10.1. The van der Waals surface area contributed by atoms with Crippen molar-refractivity contribution < 1.29 is 9.90 Å². The lowest BCUT2D eigenvalue weighted by molar-refractivity contribution is -0.118. The smallest absolute Gasteiger partial charge is 0.247 e. The molecule has 1 heterocycles. The van der Waals surface area contributed by atoms with Crippen molar-refractivity contribution in [2.24, 2.45) is 7.05 Å². The van der Waals surface area contributed by atoms with Gasteiger partial charge in [0.25, 0.3) is 0 Å². The van der Waals surface area contributed by atoms with Gasteiger partial charge in [0.2, 0.25) is 5.91 Å². The van der Waals surface area contributed by atoms with Crippen LogP contribution in [-0.4, -0.2) is 20.8 Å². The van der Waals surface area contributed by atoms with Gasteiger partial charge in [0.05, 0.1) is 12.2 Å². The van der Waals surface area contributed by atoms with E-state index in [-0.39, 0.29) is 17.7 Å². The fraction of sp³-hybridized carbons (Fsp3) is 0.294. The maximum atomic E-state index is 12.2. The Bertz CT molecular complexity index is 699. The molecule has 0 fully saturated rings. The van der Waals surface area contributed by atoms with Gasteiger partial charge >= 0.3 is 0 Å². The fourth-order valence-corrected chi connectivity index (χ4v) is 2.16. The maximum absolute atomic E-state index is 12.2. The van der Waals surface area contributed by atoms with Crippen LogP contribution < -0.4 is 5.32 Å². The Labute approximate surface area is 130 Å². The first-order chi connectivity index (χ1) is 10.4. The van der Waals surface area contributed by atoms with Crippen LogP contribution in [-0.2, 0) is 11.8 Å². The molecule has 1 aromatic carbocycles. The number of benzene rings is 1. The summed E-state index contributed by atoms with van der Waals surface area (Å²) >= 11 is 0. The van der Waals surface area contributed by atoms with Crippen molar-refractivity contribution >= 4 is 12.0 Å². The molecule has 0 saturated carbocycles. The molecule has 0 saturated heterocycles. The molecule has 2 aromatic rings. The first kappa shape index (κ1) is 15.8. The minimum atomic E-state index is -0.366. The highest BCUT2D eigenvalue weighted by Gasteiger charge is 2.17. The summed E-state index contributed by atoms with van der Waals surface area (Å²) in [6.07, 6.45) is 3.34. The topological polar surface area (TPSA) is 67.2 Å². The van der Waals surface area contributed by atoms with Gasteiger partial charge in [0.15, 0.2) is 5.75 Å². The Morgan fingerprint density at radius 2 is 2.00 bits per heavy atom. The van der Waals surface area contributed by atoms with E-state index in [9.17, 15) is 9.90 Å². The number of carbonyl (C=O) groups excluding carboxylic acids is 1. The molecule has 116 valence electrons. The van der Waals surface area contributed by atoms with E-state index in [0.29, 0.717) is 11.3 Å². The molecule has 0 spiro atoms. The molecule has 0 aliphatic rings. The standard InChI is InChI=1S/C17H21N3O2/c1-11-5-7-14(8-6-11)9-12(2)17(22)18-13(3)16-15(21)10-20(4)19-16/h5-10,13,21H,1-4H3,(H,18,22). The van der Waals surface area contributed by atoms with E-state index in [1.807, 2.05) is 37.3 Å². The molecule has 1 atom stereocenters. The highest BCUT2D eigenvalue weighted by molar-refractivity contribution is 5.97.